The highest BCUT2D eigenvalue weighted by molar-refractivity contribution is 6.77. The Balaban J connectivity index is 4.54. The van der Waals surface area contributed by atoms with E-state index < -0.39 is 8.32 Å². The van der Waals surface area contributed by atoms with Crippen LogP contribution in [0.5, 0.6) is 0 Å². The minimum absolute atomic E-state index is 0.330. The molecule has 0 aliphatic heterocycles. The SMILES string of the molecule is C=CCCC[C@@H](O)CO[Si](C(C)C)(C(C)C)C(C)C. The molecule has 0 aliphatic rings. The maximum atomic E-state index is 10.0. The van der Waals surface area contributed by atoms with Crippen LogP contribution < -0.4 is 0 Å². The molecular formula is C16H34O2Si. The number of hydrogen-bond donors (Lipinski definition) is 1. The highest BCUT2D eigenvalue weighted by Crippen LogP contribution is 2.42. The zero-order valence-electron chi connectivity index (χ0n) is 13.8. The van der Waals surface area contributed by atoms with Crippen molar-refractivity contribution < 1.29 is 9.53 Å². The molecule has 1 N–H and O–H groups in total. The third-order valence-corrected chi connectivity index (χ3v) is 10.3. The molecule has 0 radical (unpaired) electrons. The lowest BCUT2D eigenvalue weighted by molar-refractivity contribution is 0.0891. The van der Waals surface area contributed by atoms with E-state index in [0.29, 0.717) is 23.2 Å². The molecule has 0 aromatic heterocycles. The van der Waals surface area contributed by atoms with Crippen molar-refractivity contribution in [1.82, 2.24) is 0 Å². The van der Waals surface area contributed by atoms with Crippen LogP contribution in [0.2, 0.25) is 16.6 Å². The maximum Gasteiger partial charge on any atom is 0.200 e. The Bertz CT molecular complexity index is 227. The number of unbranched alkanes of at least 4 members (excludes halogenated alkanes) is 1. The van der Waals surface area contributed by atoms with Crippen LogP contribution in [-0.4, -0.2) is 26.1 Å². The Kier molecular flexibility index (Phi) is 8.87. The van der Waals surface area contributed by atoms with Gasteiger partial charge in [-0.05, 0) is 35.9 Å². The molecule has 0 rings (SSSR count). The first-order chi connectivity index (χ1) is 8.78. The third kappa shape index (κ3) is 5.40. The fourth-order valence-corrected chi connectivity index (χ4v) is 8.80. The molecule has 0 saturated heterocycles. The molecule has 19 heavy (non-hydrogen) atoms. The summed E-state index contributed by atoms with van der Waals surface area (Å²) in [5.41, 5.74) is 1.73. The molecule has 3 heteroatoms. The lowest BCUT2D eigenvalue weighted by atomic mass is 10.2. The van der Waals surface area contributed by atoms with E-state index >= 15 is 0 Å². The minimum atomic E-state index is -1.82. The topological polar surface area (TPSA) is 29.5 Å². The van der Waals surface area contributed by atoms with E-state index in [0.717, 1.165) is 19.3 Å². The van der Waals surface area contributed by atoms with E-state index in [1.54, 1.807) is 0 Å². The second-order valence-electron chi connectivity index (χ2n) is 6.50. The van der Waals surface area contributed by atoms with Gasteiger partial charge < -0.3 is 9.53 Å². The van der Waals surface area contributed by atoms with Crippen LogP contribution in [0.4, 0.5) is 0 Å². The molecule has 0 fully saturated rings. The van der Waals surface area contributed by atoms with Crippen molar-refractivity contribution in [2.75, 3.05) is 6.61 Å². The fourth-order valence-electron chi connectivity index (χ4n) is 3.32. The van der Waals surface area contributed by atoms with Gasteiger partial charge >= 0.3 is 0 Å². The standard InChI is InChI=1S/C16H34O2Si/c1-8-9-10-11-16(17)12-18-19(13(2)3,14(4)5)15(6)7/h8,13-17H,1,9-12H2,2-7H3/t16-/m1/s1. The first kappa shape index (κ1) is 18.9. The number of aliphatic hydroxyl groups is 1. The molecule has 0 aromatic rings. The smallest absolute Gasteiger partial charge is 0.200 e. The predicted molar refractivity (Wildman–Crippen MR) is 87.1 cm³/mol. The van der Waals surface area contributed by atoms with Crippen molar-refractivity contribution in [2.45, 2.75) is 83.5 Å². The lowest BCUT2D eigenvalue weighted by Crippen LogP contribution is -2.49. The van der Waals surface area contributed by atoms with Crippen molar-refractivity contribution in [2.24, 2.45) is 0 Å². The molecular weight excluding hydrogens is 252 g/mol. The van der Waals surface area contributed by atoms with Gasteiger partial charge in [-0.3, -0.25) is 0 Å². The molecule has 2 nitrogen and oxygen atoms in total. The van der Waals surface area contributed by atoms with Crippen LogP contribution in [0, 0.1) is 0 Å². The van der Waals surface area contributed by atoms with Gasteiger partial charge in [-0.2, -0.15) is 0 Å². The van der Waals surface area contributed by atoms with E-state index in [2.05, 4.69) is 48.1 Å². The van der Waals surface area contributed by atoms with Crippen LogP contribution in [0.1, 0.15) is 60.8 Å². The predicted octanol–water partition coefficient (Wildman–Crippen LogP) is 4.90. The maximum absolute atomic E-state index is 10.0. The van der Waals surface area contributed by atoms with E-state index in [1.807, 2.05) is 6.08 Å². The van der Waals surface area contributed by atoms with Crippen LogP contribution in [0.15, 0.2) is 12.7 Å². The van der Waals surface area contributed by atoms with Crippen molar-refractivity contribution in [1.29, 1.82) is 0 Å². The summed E-state index contributed by atoms with van der Waals surface area (Å²) in [6.07, 6.45) is 4.35. The van der Waals surface area contributed by atoms with E-state index in [1.165, 1.54) is 0 Å². The molecule has 0 spiro atoms. The summed E-state index contributed by atoms with van der Waals surface area (Å²) in [6, 6.07) is 0. The molecule has 0 aromatic carbocycles. The van der Waals surface area contributed by atoms with Crippen molar-refractivity contribution in [3.8, 4) is 0 Å². The first-order valence-corrected chi connectivity index (χ1v) is 9.85. The average molecular weight is 287 g/mol. The Morgan fingerprint density at radius 3 is 1.89 bits per heavy atom. The highest BCUT2D eigenvalue weighted by Gasteiger charge is 2.45. The van der Waals surface area contributed by atoms with E-state index in [-0.39, 0.29) is 6.10 Å². The Labute approximate surface area is 121 Å². The summed E-state index contributed by atoms with van der Waals surface area (Å²) in [6.45, 7) is 17.8. The van der Waals surface area contributed by atoms with Gasteiger partial charge in [-0.15, -0.1) is 6.58 Å². The quantitative estimate of drug-likeness (QED) is 0.352. The van der Waals surface area contributed by atoms with Crippen LogP contribution in [0.25, 0.3) is 0 Å². The highest BCUT2D eigenvalue weighted by atomic mass is 28.4. The largest absolute Gasteiger partial charge is 0.413 e. The van der Waals surface area contributed by atoms with Crippen molar-refractivity contribution in [3.05, 3.63) is 12.7 Å². The summed E-state index contributed by atoms with van der Waals surface area (Å²) in [5, 5.41) is 10.0. The third-order valence-electron chi connectivity index (χ3n) is 4.18. The Morgan fingerprint density at radius 2 is 1.53 bits per heavy atom. The molecule has 114 valence electrons. The second-order valence-corrected chi connectivity index (χ2v) is 12.0. The lowest BCUT2D eigenvalue weighted by Gasteiger charge is -2.42. The van der Waals surface area contributed by atoms with Crippen molar-refractivity contribution >= 4 is 8.32 Å². The molecule has 0 amide bonds. The van der Waals surface area contributed by atoms with Gasteiger partial charge in [0, 0.05) is 0 Å². The molecule has 0 bridgehead atoms. The summed E-state index contributed by atoms with van der Waals surface area (Å²) in [7, 11) is -1.82. The Morgan fingerprint density at radius 1 is 1.05 bits per heavy atom. The molecule has 0 unspecified atom stereocenters. The van der Waals surface area contributed by atoms with Gasteiger partial charge in [-0.1, -0.05) is 47.6 Å². The average Bonchev–Trinajstić information content (AvgIpc) is 2.28. The van der Waals surface area contributed by atoms with Crippen molar-refractivity contribution in [3.63, 3.8) is 0 Å². The normalized spacial score (nSPS) is 14.4. The monoisotopic (exact) mass is 286 g/mol. The number of aliphatic hydroxyl groups excluding tert-OH is 1. The van der Waals surface area contributed by atoms with Gasteiger partial charge in [0.05, 0.1) is 12.7 Å². The fraction of sp³-hybridized carbons (Fsp3) is 0.875. The van der Waals surface area contributed by atoms with Crippen LogP contribution in [-0.2, 0) is 4.43 Å². The summed E-state index contributed by atoms with van der Waals surface area (Å²) in [5.74, 6) is 0. The van der Waals surface area contributed by atoms with E-state index in [9.17, 15) is 5.11 Å². The van der Waals surface area contributed by atoms with Gasteiger partial charge in [0.1, 0.15) is 0 Å². The molecule has 0 saturated carbocycles. The van der Waals surface area contributed by atoms with Gasteiger partial charge in [0.25, 0.3) is 0 Å². The van der Waals surface area contributed by atoms with Crippen LogP contribution in [0.3, 0.4) is 0 Å². The van der Waals surface area contributed by atoms with Gasteiger partial charge in [-0.25, -0.2) is 0 Å². The molecule has 1 atom stereocenters. The molecule has 0 heterocycles. The zero-order chi connectivity index (χ0) is 15.1. The minimum Gasteiger partial charge on any atom is -0.413 e. The molecule has 0 aliphatic carbocycles. The Hall–Kier alpha value is -0.123. The first-order valence-electron chi connectivity index (χ1n) is 7.71. The zero-order valence-corrected chi connectivity index (χ0v) is 14.8. The van der Waals surface area contributed by atoms with Crippen LogP contribution >= 0.6 is 0 Å². The van der Waals surface area contributed by atoms with E-state index in [4.69, 9.17) is 4.43 Å². The summed E-state index contributed by atoms with van der Waals surface area (Å²) < 4.78 is 6.37. The second kappa shape index (κ2) is 8.93. The summed E-state index contributed by atoms with van der Waals surface area (Å²) in [4.78, 5) is 0. The number of rotatable bonds is 10. The number of hydrogen-bond acceptors (Lipinski definition) is 2. The summed E-state index contributed by atoms with van der Waals surface area (Å²) >= 11 is 0. The number of allylic oxidation sites excluding steroid dienone is 1. The van der Waals surface area contributed by atoms with Gasteiger partial charge in [0.2, 0.25) is 0 Å². The van der Waals surface area contributed by atoms with Gasteiger partial charge in [0.15, 0.2) is 8.32 Å².